The average Bonchev–Trinajstić information content (AvgIpc) is 2.85. The Labute approximate surface area is 113 Å². The summed E-state index contributed by atoms with van der Waals surface area (Å²) >= 11 is 0. The molecule has 1 N–H and O–H groups in total. The number of aliphatic hydroxyl groups is 1. The number of methoxy groups -OCH3 is 1. The summed E-state index contributed by atoms with van der Waals surface area (Å²) < 4.78 is 32.0. The predicted octanol–water partition coefficient (Wildman–Crippen LogP) is 1.36. The van der Waals surface area contributed by atoms with E-state index in [0.717, 1.165) is 12.8 Å². The van der Waals surface area contributed by atoms with Crippen molar-refractivity contribution >= 4 is 10.0 Å². The molecule has 1 aliphatic rings. The molecule has 1 unspecified atom stereocenters. The molecular weight excluding hydrogens is 266 g/mol. The maximum Gasteiger partial charge on any atom is 0.247 e. The van der Waals surface area contributed by atoms with Crippen LogP contribution in [0.3, 0.4) is 0 Å². The number of nitrogens with zero attached hydrogens (tertiary/aromatic N) is 1. The molecule has 5 nitrogen and oxygen atoms in total. The molecule has 1 aromatic rings. The summed E-state index contributed by atoms with van der Waals surface area (Å²) in [5.74, 6) is 0.316. The SMILES string of the molecule is COc1ccc(CO)cc1S(=O)(=O)N1CCCC1C. The molecule has 106 valence electrons. The summed E-state index contributed by atoms with van der Waals surface area (Å²) in [6, 6.07) is 4.73. The summed E-state index contributed by atoms with van der Waals surface area (Å²) in [6.45, 7) is 2.25. The van der Waals surface area contributed by atoms with Crippen molar-refractivity contribution in [1.29, 1.82) is 0 Å². The highest BCUT2D eigenvalue weighted by molar-refractivity contribution is 7.89. The number of rotatable bonds is 4. The highest BCUT2D eigenvalue weighted by atomic mass is 32.2. The van der Waals surface area contributed by atoms with Gasteiger partial charge in [0.25, 0.3) is 0 Å². The molecule has 0 aliphatic carbocycles. The van der Waals surface area contributed by atoms with E-state index in [-0.39, 0.29) is 17.5 Å². The van der Waals surface area contributed by atoms with Crippen molar-refractivity contribution in [2.24, 2.45) is 0 Å². The van der Waals surface area contributed by atoms with Gasteiger partial charge in [-0.2, -0.15) is 4.31 Å². The number of aliphatic hydroxyl groups excluding tert-OH is 1. The minimum atomic E-state index is -3.57. The van der Waals surface area contributed by atoms with Crippen molar-refractivity contribution in [2.45, 2.75) is 37.3 Å². The van der Waals surface area contributed by atoms with Crippen LogP contribution in [-0.4, -0.2) is 37.5 Å². The van der Waals surface area contributed by atoms with Gasteiger partial charge in [0.05, 0.1) is 13.7 Å². The molecule has 19 heavy (non-hydrogen) atoms. The van der Waals surface area contributed by atoms with Gasteiger partial charge in [-0.15, -0.1) is 0 Å². The van der Waals surface area contributed by atoms with E-state index in [1.807, 2.05) is 6.92 Å². The first kappa shape index (κ1) is 14.3. The van der Waals surface area contributed by atoms with Crippen LogP contribution in [-0.2, 0) is 16.6 Å². The fourth-order valence-electron chi connectivity index (χ4n) is 2.41. The second kappa shape index (κ2) is 5.48. The molecule has 2 rings (SSSR count). The van der Waals surface area contributed by atoms with Crippen molar-refractivity contribution in [1.82, 2.24) is 4.31 Å². The molecule has 1 heterocycles. The Bertz CT molecular complexity index is 556. The van der Waals surface area contributed by atoms with Gasteiger partial charge in [-0.25, -0.2) is 8.42 Å². The maximum absolute atomic E-state index is 12.7. The third kappa shape index (κ3) is 2.61. The standard InChI is InChI=1S/C13H19NO4S/c1-10-4-3-7-14(10)19(16,17)13-8-11(9-15)5-6-12(13)18-2/h5-6,8,10,15H,3-4,7,9H2,1-2H3. The lowest BCUT2D eigenvalue weighted by Crippen LogP contribution is -2.33. The molecule has 6 heteroatoms. The predicted molar refractivity (Wildman–Crippen MR) is 71.5 cm³/mol. The van der Waals surface area contributed by atoms with Gasteiger partial charge in [-0.1, -0.05) is 6.07 Å². The van der Waals surface area contributed by atoms with E-state index < -0.39 is 10.0 Å². The van der Waals surface area contributed by atoms with Crippen molar-refractivity contribution < 1.29 is 18.3 Å². The van der Waals surface area contributed by atoms with Crippen LogP contribution >= 0.6 is 0 Å². The monoisotopic (exact) mass is 285 g/mol. The fraction of sp³-hybridized carbons (Fsp3) is 0.538. The van der Waals surface area contributed by atoms with Gasteiger partial charge >= 0.3 is 0 Å². The Morgan fingerprint density at radius 1 is 1.47 bits per heavy atom. The number of sulfonamides is 1. The third-order valence-corrected chi connectivity index (χ3v) is 5.52. The largest absolute Gasteiger partial charge is 0.495 e. The Balaban J connectivity index is 2.49. The van der Waals surface area contributed by atoms with Gasteiger partial charge in [-0.3, -0.25) is 0 Å². The van der Waals surface area contributed by atoms with E-state index in [1.165, 1.54) is 17.5 Å². The number of hydrogen-bond donors (Lipinski definition) is 1. The van der Waals surface area contributed by atoms with Crippen LogP contribution in [0.4, 0.5) is 0 Å². The van der Waals surface area contributed by atoms with Gasteiger partial charge < -0.3 is 9.84 Å². The molecular formula is C13H19NO4S. The molecule has 1 aliphatic heterocycles. The van der Waals surface area contributed by atoms with Crippen LogP contribution in [0.25, 0.3) is 0 Å². The highest BCUT2D eigenvalue weighted by Gasteiger charge is 2.34. The second-order valence-corrected chi connectivity index (χ2v) is 6.61. The zero-order chi connectivity index (χ0) is 14.0. The van der Waals surface area contributed by atoms with E-state index in [2.05, 4.69) is 0 Å². The van der Waals surface area contributed by atoms with Crippen LogP contribution in [0.5, 0.6) is 5.75 Å². The summed E-state index contributed by atoms with van der Waals surface area (Å²) in [6.07, 6.45) is 1.75. The van der Waals surface area contributed by atoms with E-state index >= 15 is 0 Å². The lowest BCUT2D eigenvalue weighted by molar-refractivity contribution is 0.281. The van der Waals surface area contributed by atoms with Crippen LogP contribution in [0, 0.1) is 0 Å². The minimum absolute atomic E-state index is 0.00693. The van der Waals surface area contributed by atoms with Crippen LogP contribution < -0.4 is 4.74 Å². The Hall–Kier alpha value is -1.11. The van der Waals surface area contributed by atoms with E-state index in [0.29, 0.717) is 17.9 Å². The molecule has 1 fully saturated rings. The third-order valence-electron chi connectivity index (χ3n) is 3.49. The van der Waals surface area contributed by atoms with Gasteiger partial charge in [0.1, 0.15) is 10.6 Å². The fourth-order valence-corrected chi connectivity index (χ4v) is 4.32. The maximum atomic E-state index is 12.7. The summed E-state index contributed by atoms with van der Waals surface area (Å²) in [5.41, 5.74) is 0.561. The van der Waals surface area contributed by atoms with Crippen LogP contribution in [0.2, 0.25) is 0 Å². The molecule has 0 aromatic heterocycles. The lowest BCUT2D eigenvalue weighted by atomic mass is 10.2. The number of hydrogen-bond acceptors (Lipinski definition) is 4. The lowest BCUT2D eigenvalue weighted by Gasteiger charge is -2.22. The topological polar surface area (TPSA) is 66.8 Å². The molecule has 0 amide bonds. The van der Waals surface area contributed by atoms with Gasteiger partial charge in [-0.05, 0) is 37.5 Å². The smallest absolute Gasteiger partial charge is 0.247 e. The first-order chi connectivity index (χ1) is 9.00. The normalized spacial score (nSPS) is 20.7. The van der Waals surface area contributed by atoms with Crippen LogP contribution in [0.15, 0.2) is 23.1 Å². The summed E-state index contributed by atoms with van der Waals surface area (Å²) in [4.78, 5) is 0.135. The van der Waals surface area contributed by atoms with Crippen molar-refractivity contribution in [3.05, 3.63) is 23.8 Å². The molecule has 1 saturated heterocycles. The van der Waals surface area contributed by atoms with Gasteiger partial charge in [0.2, 0.25) is 10.0 Å². The Morgan fingerprint density at radius 2 is 2.21 bits per heavy atom. The van der Waals surface area contributed by atoms with Crippen molar-refractivity contribution in [2.75, 3.05) is 13.7 Å². The Morgan fingerprint density at radius 3 is 2.74 bits per heavy atom. The molecule has 0 radical (unpaired) electrons. The number of ether oxygens (including phenoxy) is 1. The quantitative estimate of drug-likeness (QED) is 0.907. The van der Waals surface area contributed by atoms with Crippen molar-refractivity contribution in [3.63, 3.8) is 0 Å². The molecule has 1 atom stereocenters. The van der Waals surface area contributed by atoms with Crippen molar-refractivity contribution in [3.8, 4) is 5.75 Å². The highest BCUT2D eigenvalue weighted by Crippen LogP contribution is 2.32. The van der Waals surface area contributed by atoms with E-state index in [9.17, 15) is 8.42 Å². The van der Waals surface area contributed by atoms with Crippen LogP contribution in [0.1, 0.15) is 25.3 Å². The minimum Gasteiger partial charge on any atom is -0.495 e. The second-order valence-electron chi connectivity index (χ2n) is 4.75. The molecule has 0 spiro atoms. The van der Waals surface area contributed by atoms with Gasteiger partial charge in [0, 0.05) is 12.6 Å². The number of benzene rings is 1. The zero-order valence-electron chi connectivity index (χ0n) is 11.2. The first-order valence-corrected chi connectivity index (χ1v) is 7.74. The van der Waals surface area contributed by atoms with E-state index in [4.69, 9.17) is 9.84 Å². The summed E-state index contributed by atoms with van der Waals surface area (Å²) in [5, 5.41) is 9.16. The zero-order valence-corrected chi connectivity index (χ0v) is 12.0. The Kier molecular flexibility index (Phi) is 4.13. The molecule has 0 bridgehead atoms. The molecule has 1 aromatic carbocycles. The average molecular weight is 285 g/mol. The van der Waals surface area contributed by atoms with Gasteiger partial charge in [0.15, 0.2) is 0 Å². The van der Waals surface area contributed by atoms with E-state index in [1.54, 1.807) is 12.1 Å². The first-order valence-electron chi connectivity index (χ1n) is 6.30. The summed E-state index contributed by atoms with van der Waals surface area (Å²) in [7, 11) is -2.12. The molecule has 0 saturated carbocycles.